The predicted molar refractivity (Wildman–Crippen MR) is 119 cm³/mol. The van der Waals surface area contributed by atoms with Crippen molar-refractivity contribution < 1.29 is 9.47 Å². The smallest absolute Gasteiger partial charge is 0.266 e. The Morgan fingerprint density at radius 3 is 2.52 bits per heavy atom. The summed E-state index contributed by atoms with van der Waals surface area (Å²) in [5.74, 6) is 1.20. The minimum atomic E-state index is -0.215. The van der Waals surface area contributed by atoms with Crippen molar-refractivity contribution in [2.45, 2.75) is 6.92 Å². The molecule has 0 bridgehead atoms. The molecule has 3 aromatic heterocycles. The highest BCUT2D eigenvalue weighted by atomic mass is 16.5. The normalized spacial score (nSPS) is 11.2. The minimum absolute atomic E-state index is 0.215. The molecular formula is C24H20N4O3. The van der Waals surface area contributed by atoms with Crippen LogP contribution in [0.15, 0.2) is 71.8 Å². The van der Waals surface area contributed by atoms with E-state index in [0.29, 0.717) is 33.7 Å². The summed E-state index contributed by atoms with van der Waals surface area (Å²) in [6.07, 6.45) is 3.34. The zero-order chi connectivity index (χ0) is 21.5. The average molecular weight is 412 g/mol. The van der Waals surface area contributed by atoms with Gasteiger partial charge in [0.05, 0.1) is 36.5 Å². The fraction of sp³-hybridized carbons (Fsp3) is 0.125. The van der Waals surface area contributed by atoms with Crippen molar-refractivity contribution in [3.63, 3.8) is 0 Å². The van der Waals surface area contributed by atoms with Crippen LogP contribution in [0.1, 0.15) is 5.69 Å². The molecule has 31 heavy (non-hydrogen) atoms. The monoisotopic (exact) mass is 412 g/mol. The van der Waals surface area contributed by atoms with Gasteiger partial charge in [-0.15, -0.1) is 0 Å². The standard InChI is InChI=1S/C24H20N4O3/c1-15-22(16-7-5-4-6-8-16)23-25-14-18-19(28(23)26-15)11-12-27(24(18)29)20-13-17(30-2)9-10-21(20)31-3/h4-14H,1-3H3. The van der Waals surface area contributed by atoms with Crippen LogP contribution in [0, 0.1) is 6.92 Å². The van der Waals surface area contributed by atoms with Crippen LogP contribution < -0.4 is 15.0 Å². The molecule has 3 heterocycles. The maximum atomic E-state index is 13.4. The second-order valence-corrected chi connectivity index (χ2v) is 7.15. The largest absolute Gasteiger partial charge is 0.497 e. The first-order valence-electron chi connectivity index (χ1n) is 9.80. The number of ether oxygens (including phenoxy) is 2. The van der Waals surface area contributed by atoms with E-state index in [1.54, 1.807) is 49.3 Å². The molecule has 5 aromatic rings. The second-order valence-electron chi connectivity index (χ2n) is 7.15. The van der Waals surface area contributed by atoms with Crippen molar-refractivity contribution in [1.82, 2.24) is 19.2 Å². The number of fused-ring (bicyclic) bond motifs is 3. The number of hydrogen-bond acceptors (Lipinski definition) is 5. The Balaban J connectivity index is 1.76. The summed E-state index contributed by atoms with van der Waals surface area (Å²) in [7, 11) is 3.15. The van der Waals surface area contributed by atoms with Crippen molar-refractivity contribution in [2.75, 3.05) is 14.2 Å². The summed E-state index contributed by atoms with van der Waals surface area (Å²) in [5, 5.41) is 5.14. The van der Waals surface area contributed by atoms with Gasteiger partial charge < -0.3 is 9.47 Å². The second kappa shape index (κ2) is 7.28. The average Bonchev–Trinajstić information content (AvgIpc) is 3.15. The van der Waals surface area contributed by atoms with Gasteiger partial charge in [0.15, 0.2) is 5.65 Å². The number of rotatable bonds is 4. The summed E-state index contributed by atoms with van der Waals surface area (Å²) < 4.78 is 14.0. The molecule has 0 fully saturated rings. The molecule has 7 nitrogen and oxygen atoms in total. The molecule has 7 heteroatoms. The molecule has 0 atom stereocenters. The highest BCUT2D eigenvalue weighted by Crippen LogP contribution is 2.30. The number of benzene rings is 2. The Morgan fingerprint density at radius 2 is 1.77 bits per heavy atom. The van der Waals surface area contributed by atoms with Gasteiger partial charge in [0.1, 0.15) is 11.5 Å². The van der Waals surface area contributed by atoms with Crippen molar-refractivity contribution >= 4 is 16.6 Å². The zero-order valence-electron chi connectivity index (χ0n) is 17.4. The van der Waals surface area contributed by atoms with Gasteiger partial charge in [-0.25, -0.2) is 9.50 Å². The number of hydrogen-bond donors (Lipinski definition) is 0. The summed E-state index contributed by atoms with van der Waals surface area (Å²) in [6, 6.07) is 17.2. The number of methoxy groups -OCH3 is 2. The fourth-order valence-electron chi connectivity index (χ4n) is 3.89. The van der Waals surface area contributed by atoms with Gasteiger partial charge in [-0.2, -0.15) is 5.10 Å². The summed E-state index contributed by atoms with van der Waals surface area (Å²) >= 11 is 0. The van der Waals surface area contributed by atoms with E-state index in [2.05, 4.69) is 10.1 Å². The Labute approximate surface area is 178 Å². The van der Waals surface area contributed by atoms with Crippen LogP contribution in [0.2, 0.25) is 0 Å². The molecule has 2 aromatic carbocycles. The first-order chi connectivity index (χ1) is 15.1. The van der Waals surface area contributed by atoms with Crippen LogP contribution in [0.25, 0.3) is 33.4 Å². The third-order valence-electron chi connectivity index (χ3n) is 5.39. The molecular weight excluding hydrogens is 392 g/mol. The first-order valence-corrected chi connectivity index (χ1v) is 9.80. The van der Waals surface area contributed by atoms with Crippen LogP contribution in [-0.2, 0) is 0 Å². The summed E-state index contributed by atoms with van der Waals surface area (Å²) in [4.78, 5) is 18.0. The fourth-order valence-corrected chi connectivity index (χ4v) is 3.89. The van der Waals surface area contributed by atoms with Crippen LogP contribution >= 0.6 is 0 Å². The third kappa shape index (κ3) is 2.93. The maximum absolute atomic E-state index is 13.4. The SMILES string of the molecule is COc1ccc(OC)c(-n2ccc3c(cnc4c(-c5ccccc5)c(C)nn43)c2=O)c1. The van der Waals surface area contributed by atoms with E-state index in [1.807, 2.05) is 43.3 Å². The number of nitrogens with zero attached hydrogens (tertiary/aromatic N) is 4. The van der Waals surface area contributed by atoms with Crippen LogP contribution in [0.5, 0.6) is 11.5 Å². The Bertz CT molecular complexity index is 1490. The molecule has 0 spiro atoms. The topological polar surface area (TPSA) is 70.7 Å². The van der Waals surface area contributed by atoms with E-state index in [4.69, 9.17) is 9.47 Å². The Hall–Kier alpha value is -4.13. The lowest BCUT2D eigenvalue weighted by Crippen LogP contribution is -2.19. The van der Waals surface area contributed by atoms with E-state index >= 15 is 0 Å². The van der Waals surface area contributed by atoms with Crippen LogP contribution in [0.3, 0.4) is 0 Å². The van der Waals surface area contributed by atoms with E-state index in [0.717, 1.165) is 16.8 Å². The highest BCUT2D eigenvalue weighted by Gasteiger charge is 2.17. The molecule has 0 aliphatic rings. The lowest BCUT2D eigenvalue weighted by molar-refractivity contribution is 0.401. The van der Waals surface area contributed by atoms with Crippen LogP contribution in [-0.4, -0.2) is 33.4 Å². The van der Waals surface area contributed by atoms with Gasteiger partial charge >= 0.3 is 0 Å². The van der Waals surface area contributed by atoms with Gasteiger partial charge in [-0.3, -0.25) is 9.36 Å². The first kappa shape index (κ1) is 18.9. The maximum Gasteiger partial charge on any atom is 0.266 e. The summed E-state index contributed by atoms with van der Waals surface area (Å²) in [6.45, 7) is 1.95. The van der Waals surface area contributed by atoms with Crippen molar-refractivity contribution in [3.8, 4) is 28.3 Å². The van der Waals surface area contributed by atoms with E-state index in [9.17, 15) is 4.79 Å². The van der Waals surface area contributed by atoms with Gasteiger partial charge in [-0.05, 0) is 30.7 Å². The van der Waals surface area contributed by atoms with E-state index in [-0.39, 0.29) is 5.56 Å². The van der Waals surface area contributed by atoms with Crippen molar-refractivity contribution in [2.24, 2.45) is 0 Å². The number of aromatic nitrogens is 4. The Kier molecular flexibility index (Phi) is 4.43. The molecule has 0 amide bonds. The summed E-state index contributed by atoms with van der Waals surface area (Å²) in [5.41, 5.74) is 4.64. The highest BCUT2D eigenvalue weighted by molar-refractivity contribution is 5.86. The molecule has 0 aliphatic carbocycles. The van der Waals surface area contributed by atoms with Gasteiger partial charge in [0.2, 0.25) is 0 Å². The molecule has 0 radical (unpaired) electrons. The molecule has 0 aliphatic heterocycles. The van der Waals surface area contributed by atoms with Crippen LogP contribution in [0.4, 0.5) is 0 Å². The zero-order valence-corrected chi connectivity index (χ0v) is 17.4. The number of pyridine rings is 1. The minimum Gasteiger partial charge on any atom is -0.497 e. The third-order valence-corrected chi connectivity index (χ3v) is 5.39. The Morgan fingerprint density at radius 1 is 0.968 bits per heavy atom. The lowest BCUT2D eigenvalue weighted by atomic mass is 10.1. The van der Waals surface area contributed by atoms with Gasteiger partial charge in [0.25, 0.3) is 5.56 Å². The van der Waals surface area contributed by atoms with E-state index < -0.39 is 0 Å². The number of aryl methyl sites for hydroxylation is 1. The molecule has 0 saturated heterocycles. The van der Waals surface area contributed by atoms with E-state index in [1.165, 1.54) is 4.57 Å². The molecule has 0 unspecified atom stereocenters. The van der Waals surface area contributed by atoms with Crippen molar-refractivity contribution in [1.29, 1.82) is 0 Å². The molecule has 5 rings (SSSR count). The lowest BCUT2D eigenvalue weighted by Gasteiger charge is -2.13. The van der Waals surface area contributed by atoms with Gasteiger partial charge in [-0.1, -0.05) is 30.3 Å². The molecule has 0 N–H and O–H groups in total. The van der Waals surface area contributed by atoms with Gasteiger partial charge in [0, 0.05) is 24.0 Å². The molecule has 0 saturated carbocycles. The van der Waals surface area contributed by atoms with Crippen molar-refractivity contribution in [3.05, 3.63) is 83.0 Å². The quantitative estimate of drug-likeness (QED) is 0.446. The molecule has 154 valence electrons. The predicted octanol–water partition coefficient (Wildman–Crippen LogP) is 4.03.